The first-order valence-corrected chi connectivity index (χ1v) is 6.75. The van der Waals surface area contributed by atoms with Gasteiger partial charge in [-0.1, -0.05) is 30.0 Å². The summed E-state index contributed by atoms with van der Waals surface area (Å²) in [6, 6.07) is 9.19. The predicted molar refractivity (Wildman–Crippen MR) is 77.2 cm³/mol. The molecule has 1 aromatic carbocycles. The summed E-state index contributed by atoms with van der Waals surface area (Å²) in [4.78, 5) is 29.2. The number of nitrogens with zero attached hydrogens (tertiary/aromatic N) is 2. The maximum absolute atomic E-state index is 11.8. The summed E-state index contributed by atoms with van der Waals surface area (Å²) in [6.45, 7) is 0. The van der Waals surface area contributed by atoms with Crippen molar-refractivity contribution in [3.05, 3.63) is 30.3 Å². The largest absolute Gasteiger partial charge is 0.357 e. The van der Waals surface area contributed by atoms with Crippen LogP contribution in [0.1, 0.15) is 6.42 Å². The molecule has 0 aliphatic carbocycles. The van der Waals surface area contributed by atoms with Gasteiger partial charge in [-0.25, -0.2) is 0 Å². The summed E-state index contributed by atoms with van der Waals surface area (Å²) in [5.41, 5.74) is 0.733. The first kappa shape index (κ1) is 13.6. The standard InChI is InChI=1S/C13H15N3O2S/c1-16(2)13-15-12(18)10(19-13)8-11(17)14-9-6-4-3-5-7-9/h3-7,10H,8H2,1-2H3,(H,14,17). The second-order valence-corrected chi connectivity index (χ2v) is 5.52. The maximum atomic E-state index is 11.8. The second kappa shape index (κ2) is 5.88. The molecule has 1 aliphatic heterocycles. The molecule has 6 heteroatoms. The summed E-state index contributed by atoms with van der Waals surface area (Å²) in [5.74, 6) is -0.413. The SMILES string of the molecule is CN(C)C1=NC(=O)C(CC(=O)Nc2ccccc2)S1. The Bertz CT molecular complexity index is 514. The fraction of sp³-hybridized carbons (Fsp3) is 0.308. The molecule has 1 unspecified atom stereocenters. The van der Waals surface area contributed by atoms with Crippen LogP contribution >= 0.6 is 11.8 Å². The van der Waals surface area contributed by atoms with Crippen molar-refractivity contribution in [2.24, 2.45) is 4.99 Å². The van der Waals surface area contributed by atoms with Gasteiger partial charge in [-0.05, 0) is 12.1 Å². The van der Waals surface area contributed by atoms with Gasteiger partial charge in [0.15, 0.2) is 5.17 Å². The normalized spacial score (nSPS) is 18.1. The van der Waals surface area contributed by atoms with Crippen LogP contribution in [0, 0.1) is 0 Å². The molecule has 2 rings (SSSR count). The van der Waals surface area contributed by atoms with Crippen LogP contribution in [0.15, 0.2) is 35.3 Å². The number of anilines is 1. The number of aliphatic imine (C=N–C) groups is 1. The summed E-state index contributed by atoms with van der Waals surface area (Å²) in [7, 11) is 3.65. The highest BCUT2D eigenvalue weighted by molar-refractivity contribution is 8.15. The number of thioether (sulfide) groups is 1. The lowest BCUT2D eigenvalue weighted by Gasteiger charge is -2.11. The van der Waals surface area contributed by atoms with Crippen LogP contribution in [-0.4, -0.2) is 41.2 Å². The second-order valence-electron chi connectivity index (χ2n) is 4.35. The number of nitrogens with one attached hydrogen (secondary N) is 1. The third kappa shape index (κ3) is 3.57. The van der Waals surface area contributed by atoms with Crippen LogP contribution in [0.25, 0.3) is 0 Å². The molecule has 1 N–H and O–H groups in total. The number of hydrogen-bond donors (Lipinski definition) is 1. The maximum Gasteiger partial charge on any atom is 0.262 e. The molecule has 1 atom stereocenters. The Hall–Kier alpha value is -1.82. The number of rotatable bonds is 3. The zero-order valence-corrected chi connectivity index (χ0v) is 11.6. The predicted octanol–water partition coefficient (Wildman–Crippen LogP) is 1.57. The first-order valence-electron chi connectivity index (χ1n) is 5.87. The molecule has 1 aliphatic rings. The molecule has 0 saturated heterocycles. The van der Waals surface area contributed by atoms with Crippen molar-refractivity contribution in [2.45, 2.75) is 11.7 Å². The molecule has 0 radical (unpaired) electrons. The number of para-hydroxylation sites is 1. The molecule has 0 saturated carbocycles. The van der Waals surface area contributed by atoms with E-state index in [1.807, 2.05) is 44.4 Å². The van der Waals surface area contributed by atoms with E-state index in [-0.39, 0.29) is 18.2 Å². The van der Waals surface area contributed by atoms with Crippen molar-refractivity contribution in [1.29, 1.82) is 0 Å². The van der Waals surface area contributed by atoms with Crippen LogP contribution in [0.4, 0.5) is 5.69 Å². The smallest absolute Gasteiger partial charge is 0.262 e. The van der Waals surface area contributed by atoms with Crippen LogP contribution in [-0.2, 0) is 9.59 Å². The Labute approximate surface area is 116 Å². The fourth-order valence-corrected chi connectivity index (χ4v) is 2.60. The molecule has 1 heterocycles. The van der Waals surface area contributed by atoms with Crippen molar-refractivity contribution in [1.82, 2.24) is 4.90 Å². The number of carbonyl (C=O) groups excluding carboxylic acids is 2. The quantitative estimate of drug-likeness (QED) is 0.911. The zero-order valence-electron chi connectivity index (χ0n) is 10.8. The minimum absolute atomic E-state index is 0.138. The minimum atomic E-state index is -0.416. The van der Waals surface area contributed by atoms with Gasteiger partial charge in [0, 0.05) is 26.2 Å². The number of amides is 2. The number of amidine groups is 1. The lowest BCUT2D eigenvalue weighted by atomic mass is 10.2. The van der Waals surface area contributed by atoms with E-state index in [0.717, 1.165) is 5.69 Å². The number of benzene rings is 1. The molecule has 5 nitrogen and oxygen atoms in total. The van der Waals surface area contributed by atoms with E-state index >= 15 is 0 Å². The Kier molecular flexibility index (Phi) is 4.21. The zero-order chi connectivity index (χ0) is 13.8. The summed E-state index contributed by atoms with van der Waals surface area (Å²) in [6.07, 6.45) is 0.138. The van der Waals surface area contributed by atoms with E-state index in [1.165, 1.54) is 11.8 Å². The highest BCUT2D eigenvalue weighted by Gasteiger charge is 2.31. The first-order chi connectivity index (χ1) is 9.06. The van der Waals surface area contributed by atoms with E-state index in [0.29, 0.717) is 5.17 Å². The van der Waals surface area contributed by atoms with E-state index in [9.17, 15) is 9.59 Å². The van der Waals surface area contributed by atoms with Crippen LogP contribution < -0.4 is 5.32 Å². The Morgan fingerprint density at radius 3 is 2.63 bits per heavy atom. The lowest BCUT2D eigenvalue weighted by Crippen LogP contribution is -2.22. The highest BCUT2D eigenvalue weighted by Crippen LogP contribution is 2.26. The summed E-state index contributed by atoms with van der Waals surface area (Å²) >= 11 is 1.33. The minimum Gasteiger partial charge on any atom is -0.357 e. The average molecular weight is 277 g/mol. The van der Waals surface area contributed by atoms with Gasteiger partial charge >= 0.3 is 0 Å². The van der Waals surface area contributed by atoms with Gasteiger partial charge in [0.2, 0.25) is 5.91 Å². The molecular weight excluding hydrogens is 262 g/mol. The molecule has 19 heavy (non-hydrogen) atoms. The van der Waals surface area contributed by atoms with E-state index in [1.54, 1.807) is 4.90 Å². The van der Waals surface area contributed by atoms with E-state index < -0.39 is 5.25 Å². The molecule has 0 aromatic heterocycles. The van der Waals surface area contributed by atoms with E-state index in [2.05, 4.69) is 10.3 Å². The van der Waals surface area contributed by atoms with Crippen molar-refractivity contribution >= 4 is 34.4 Å². The number of hydrogen-bond acceptors (Lipinski definition) is 4. The topological polar surface area (TPSA) is 61.8 Å². The lowest BCUT2D eigenvalue weighted by molar-refractivity contribution is -0.121. The Morgan fingerprint density at radius 2 is 2.05 bits per heavy atom. The third-order valence-corrected chi connectivity index (χ3v) is 3.86. The average Bonchev–Trinajstić information content (AvgIpc) is 2.72. The summed E-state index contributed by atoms with van der Waals surface area (Å²) in [5, 5.41) is 3.00. The van der Waals surface area contributed by atoms with Crippen LogP contribution in [0.3, 0.4) is 0 Å². The molecule has 0 bridgehead atoms. The summed E-state index contributed by atoms with van der Waals surface area (Å²) < 4.78 is 0. The van der Waals surface area contributed by atoms with Crippen molar-refractivity contribution < 1.29 is 9.59 Å². The van der Waals surface area contributed by atoms with Gasteiger partial charge in [0.1, 0.15) is 5.25 Å². The molecular formula is C13H15N3O2S. The molecule has 2 amide bonds. The monoisotopic (exact) mass is 277 g/mol. The van der Waals surface area contributed by atoms with Crippen LogP contribution in [0.2, 0.25) is 0 Å². The highest BCUT2D eigenvalue weighted by atomic mass is 32.2. The molecule has 1 aromatic rings. The molecule has 0 fully saturated rings. The third-order valence-electron chi connectivity index (χ3n) is 2.54. The number of carbonyl (C=O) groups is 2. The van der Waals surface area contributed by atoms with Crippen molar-refractivity contribution in [3.63, 3.8) is 0 Å². The van der Waals surface area contributed by atoms with Gasteiger partial charge < -0.3 is 10.2 Å². The van der Waals surface area contributed by atoms with Gasteiger partial charge in [0.05, 0.1) is 0 Å². The van der Waals surface area contributed by atoms with Gasteiger partial charge in [-0.2, -0.15) is 4.99 Å². The fourth-order valence-electron chi connectivity index (χ4n) is 1.61. The van der Waals surface area contributed by atoms with Crippen molar-refractivity contribution in [3.8, 4) is 0 Å². The Morgan fingerprint density at radius 1 is 1.37 bits per heavy atom. The molecule has 100 valence electrons. The van der Waals surface area contributed by atoms with Crippen LogP contribution in [0.5, 0.6) is 0 Å². The van der Waals surface area contributed by atoms with Gasteiger partial charge in [-0.3, -0.25) is 9.59 Å². The van der Waals surface area contributed by atoms with Gasteiger partial charge in [0.25, 0.3) is 5.91 Å². The Balaban J connectivity index is 1.89. The van der Waals surface area contributed by atoms with E-state index in [4.69, 9.17) is 0 Å². The molecule has 0 spiro atoms. The van der Waals surface area contributed by atoms with Gasteiger partial charge in [-0.15, -0.1) is 0 Å². The van der Waals surface area contributed by atoms with Crippen molar-refractivity contribution in [2.75, 3.05) is 19.4 Å².